The van der Waals surface area contributed by atoms with Crippen LogP contribution in [-0.2, 0) is 13.1 Å². The topological polar surface area (TPSA) is 81.6 Å². The minimum absolute atomic E-state index is 0.101. The summed E-state index contributed by atoms with van der Waals surface area (Å²) in [6.45, 7) is 5.06. The Morgan fingerprint density at radius 2 is 1.09 bits per heavy atom. The van der Waals surface area contributed by atoms with E-state index in [9.17, 15) is 9.59 Å². The summed E-state index contributed by atoms with van der Waals surface area (Å²) in [6, 6.07) is 21.6. The molecule has 0 radical (unpaired) electrons. The smallest absolute Gasteiger partial charge is 0.260 e. The zero-order valence-electron chi connectivity index (χ0n) is 26.3. The highest BCUT2D eigenvalue weighted by Crippen LogP contribution is 2.23. The Hall–Kier alpha value is -4.07. The van der Waals surface area contributed by atoms with Gasteiger partial charge in [0.2, 0.25) is 0 Å². The zero-order chi connectivity index (χ0) is 32.5. The number of rotatable bonds is 14. The van der Waals surface area contributed by atoms with Crippen molar-refractivity contribution in [2.45, 2.75) is 64.7 Å². The molecule has 0 aliphatic carbocycles. The van der Waals surface area contributed by atoms with Crippen LogP contribution in [0.15, 0.2) is 98.7 Å². The van der Waals surface area contributed by atoms with Gasteiger partial charge >= 0.3 is 0 Å². The van der Waals surface area contributed by atoms with E-state index in [1.165, 1.54) is 0 Å². The Labute approximate surface area is 279 Å². The summed E-state index contributed by atoms with van der Waals surface area (Å²) in [5.41, 5.74) is 4.18. The molecule has 0 spiro atoms. The fourth-order valence-corrected chi connectivity index (χ4v) is 5.84. The average molecular weight is 657 g/mol. The highest BCUT2D eigenvalue weighted by molar-refractivity contribution is 6.18. The Morgan fingerprint density at radius 1 is 0.674 bits per heavy atom. The highest BCUT2D eigenvalue weighted by Gasteiger charge is 2.17. The van der Waals surface area contributed by atoms with Crippen molar-refractivity contribution >= 4 is 57.4 Å². The summed E-state index contributed by atoms with van der Waals surface area (Å²) < 4.78 is 3.37. The monoisotopic (exact) mass is 655 g/mol. The maximum atomic E-state index is 13.8. The normalized spacial score (nSPS) is 13.3. The number of alkyl halides is 2. The second kappa shape index (κ2) is 16.0. The van der Waals surface area contributed by atoms with Gasteiger partial charge in [0, 0.05) is 60.8 Å². The van der Waals surface area contributed by atoms with Crippen LogP contribution < -0.4 is 11.1 Å². The van der Waals surface area contributed by atoms with Gasteiger partial charge in [-0.15, -0.1) is 23.2 Å². The Kier molecular flexibility index (Phi) is 11.6. The van der Waals surface area contributed by atoms with Crippen LogP contribution in [0.1, 0.15) is 73.9 Å². The van der Waals surface area contributed by atoms with Crippen molar-refractivity contribution in [1.29, 1.82) is 0 Å². The van der Waals surface area contributed by atoms with Crippen molar-refractivity contribution in [2.75, 3.05) is 11.8 Å². The van der Waals surface area contributed by atoms with Crippen LogP contribution >= 0.6 is 23.2 Å². The lowest BCUT2D eigenvalue weighted by Gasteiger charge is -2.14. The number of hydrogen-bond donors (Lipinski definition) is 0. The molecule has 7 nitrogen and oxygen atoms in total. The standard InChI is InChI=1S/C37H39Cl2N5O2/c1-26(28-13-5-3-6-14-28)40-22-30-24-43(19-11-9-17-38)36(45)32-21-33-35(42-34(30)32)31(25-44(37(33)46)20-12-10-18-39)23-41-27(2)29-15-7-4-8-16-29/h3-8,13-16,21-27H,9-12,17-20H2,1-2H3/t26-,27-/m0/s1. The summed E-state index contributed by atoms with van der Waals surface area (Å²) in [5, 5.41) is 0.761. The van der Waals surface area contributed by atoms with Crippen molar-refractivity contribution in [3.8, 4) is 0 Å². The fourth-order valence-electron chi connectivity index (χ4n) is 5.46. The summed E-state index contributed by atoms with van der Waals surface area (Å²) in [5.74, 6) is 1.04. The zero-order valence-corrected chi connectivity index (χ0v) is 27.8. The summed E-state index contributed by atoms with van der Waals surface area (Å²) in [4.78, 5) is 42.4. The second-order valence-electron chi connectivity index (χ2n) is 11.5. The van der Waals surface area contributed by atoms with Crippen LogP contribution in [-0.4, -0.2) is 38.3 Å². The lowest BCUT2D eigenvalue weighted by Crippen LogP contribution is -2.24. The van der Waals surface area contributed by atoms with E-state index in [4.69, 9.17) is 38.2 Å². The van der Waals surface area contributed by atoms with E-state index in [1.807, 2.05) is 86.9 Å². The Balaban J connectivity index is 1.70. The van der Waals surface area contributed by atoms with E-state index < -0.39 is 0 Å². The van der Waals surface area contributed by atoms with E-state index >= 15 is 0 Å². The Morgan fingerprint density at radius 3 is 1.48 bits per heavy atom. The molecule has 5 rings (SSSR count). The molecule has 9 heteroatoms. The number of pyridine rings is 3. The molecule has 3 heterocycles. The van der Waals surface area contributed by atoms with Gasteiger partial charge in [-0.2, -0.15) is 0 Å². The third-order valence-electron chi connectivity index (χ3n) is 8.15. The average Bonchev–Trinajstić information content (AvgIpc) is 3.09. The van der Waals surface area contributed by atoms with E-state index in [0.29, 0.717) is 57.8 Å². The molecule has 5 aromatic rings. The number of nitrogens with zero attached hydrogens (tertiary/aromatic N) is 5. The van der Waals surface area contributed by atoms with Gasteiger partial charge in [0.1, 0.15) is 0 Å². The molecular formula is C37H39Cl2N5O2. The van der Waals surface area contributed by atoms with Gasteiger partial charge in [0.15, 0.2) is 0 Å². The van der Waals surface area contributed by atoms with E-state index in [0.717, 1.165) is 36.8 Å². The predicted octanol–water partition coefficient (Wildman–Crippen LogP) is 8.11. The second-order valence-corrected chi connectivity index (χ2v) is 12.2. The first-order valence-electron chi connectivity index (χ1n) is 15.8. The molecule has 0 saturated carbocycles. The third-order valence-corrected chi connectivity index (χ3v) is 8.68. The number of halogens is 2. The van der Waals surface area contributed by atoms with Gasteiger partial charge in [-0.3, -0.25) is 19.6 Å². The molecule has 46 heavy (non-hydrogen) atoms. The number of aromatic nitrogens is 3. The summed E-state index contributed by atoms with van der Waals surface area (Å²) in [6.07, 6.45) is 10.3. The lowest BCUT2D eigenvalue weighted by atomic mass is 10.1. The van der Waals surface area contributed by atoms with Gasteiger partial charge in [-0.1, -0.05) is 60.7 Å². The van der Waals surface area contributed by atoms with Crippen LogP contribution in [0.2, 0.25) is 0 Å². The molecule has 0 unspecified atom stereocenters. The van der Waals surface area contributed by atoms with Crippen molar-refractivity contribution in [2.24, 2.45) is 9.98 Å². The molecule has 2 atom stereocenters. The van der Waals surface area contributed by atoms with Gasteiger partial charge in [0.05, 0.1) is 33.9 Å². The number of hydrogen-bond acceptors (Lipinski definition) is 5. The van der Waals surface area contributed by atoms with Crippen molar-refractivity contribution in [3.63, 3.8) is 0 Å². The molecule has 0 aliphatic rings. The highest BCUT2D eigenvalue weighted by atomic mass is 35.5. The predicted molar refractivity (Wildman–Crippen MR) is 193 cm³/mol. The minimum atomic E-state index is -0.197. The summed E-state index contributed by atoms with van der Waals surface area (Å²) in [7, 11) is 0. The van der Waals surface area contributed by atoms with Gasteiger partial charge in [0.25, 0.3) is 11.1 Å². The maximum absolute atomic E-state index is 13.8. The number of aliphatic imine (C=N–C) groups is 2. The van der Waals surface area contributed by atoms with Crippen molar-refractivity contribution < 1.29 is 0 Å². The quantitative estimate of drug-likeness (QED) is 0.0524. The van der Waals surface area contributed by atoms with E-state index in [1.54, 1.807) is 27.6 Å². The van der Waals surface area contributed by atoms with Crippen LogP contribution in [0.3, 0.4) is 0 Å². The van der Waals surface area contributed by atoms with E-state index in [2.05, 4.69) is 0 Å². The SMILES string of the molecule is C[C@H](N=Cc1cn(CCCCCl)c(=O)c2cc3c(=O)n(CCCCCl)cc(C=N[C@@H](C)c4ccccc4)c3nc12)c1ccccc1. The first-order valence-corrected chi connectivity index (χ1v) is 16.9. The molecule has 2 aromatic carbocycles. The van der Waals surface area contributed by atoms with Gasteiger partial charge in [-0.25, -0.2) is 4.98 Å². The van der Waals surface area contributed by atoms with Gasteiger partial charge < -0.3 is 9.13 Å². The maximum Gasteiger partial charge on any atom is 0.260 e. The summed E-state index contributed by atoms with van der Waals surface area (Å²) >= 11 is 11.9. The minimum Gasteiger partial charge on any atom is -0.314 e. The number of fused-ring (bicyclic) bond motifs is 2. The van der Waals surface area contributed by atoms with Crippen molar-refractivity contribution in [1.82, 2.24) is 14.1 Å². The lowest BCUT2D eigenvalue weighted by molar-refractivity contribution is 0.617. The largest absolute Gasteiger partial charge is 0.314 e. The first-order chi connectivity index (χ1) is 22.4. The molecule has 0 fully saturated rings. The third kappa shape index (κ3) is 7.83. The molecule has 0 amide bonds. The van der Waals surface area contributed by atoms with Crippen LogP contribution in [0, 0.1) is 0 Å². The van der Waals surface area contributed by atoms with E-state index in [-0.39, 0.29) is 23.2 Å². The number of aryl methyl sites for hydroxylation is 2. The van der Waals surface area contributed by atoms with Crippen LogP contribution in [0.25, 0.3) is 21.8 Å². The van der Waals surface area contributed by atoms with Crippen LogP contribution in [0.5, 0.6) is 0 Å². The molecule has 0 N–H and O–H groups in total. The van der Waals surface area contributed by atoms with Gasteiger partial charge in [-0.05, 0) is 56.7 Å². The molecule has 3 aromatic heterocycles. The molecule has 238 valence electrons. The van der Waals surface area contributed by atoms with Crippen molar-refractivity contribution in [3.05, 3.63) is 122 Å². The van der Waals surface area contributed by atoms with Crippen LogP contribution in [0.4, 0.5) is 0 Å². The Bertz CT molecular complexity index is 1810. The first kappa shape index (κ1) is 33.3. The molecule has 0 aliphatic heterocycles. The molecular weight excluding hydrogens is 617 g/mol. The molecule has 0 saturated heterocycles. The molecule has 0 bridgehead atoms. The number of unbranched alkanes of at least 4 members (excludes halogenated alkanes) is 2. The number of benzene rings is 2. The fraction of sp³-hybridized carbons (Fsp3) is 0.324.